The Bertz CT molecular complexity index is 335. The third-order valence-electron chi connectivity index (χ3n) is 4.17. The number of nitrogens with one attached hydrogen (secondary N) is 1. The molecular weight excluding hydrogens is 200 g/mol. The Balaban J connectivity index is 2.08. The Morgan fingerprint density at radius 3 is 2.43 bits per heavy atom. The molecule has 0 spiro atoms. The van der Waals surface area contributed by atoms with E-state index in [-0.39, 0.29) is 6.04 Å². The van der Waals surface area contributed by atoms with Crippen molar-refractivity contribution in [3.8, 4) is 0 Å². The highest BCUT2D eigenvalue weighted by Crippen LogP contribution is 2.59. The lowest BCUT2D eigenvalue weighted by Crippen LogP contribution is -2.60. The van der Waals surface area contributed by atoms with Gasteiger partial charge in [-0.2, -0.15) is 13.1 Å². The predicted molar refractivity (Wildman–Crippen MR) is 54.6 cm³/mol. The summed E-state index contributed by atoms with van der Waals surface area (Å²) in [6.45, 7) is 4.45. The summed E-state index contributed by atoms with van der Waals surface area (Å²) in [7, 11) is -3.53. The summed E-state index contributed by atoms with van der Waals surface area (Å²) in [4.78, 5) is 0. The SMILES string of the molecule is CC1(C)C2CCC(NS(N)(=O)=O)C1C2. The van der Waals surface area contributed by atoms with Crippen molar-refractivity contribution in [2.45, 2.75) is 39.2 Å². The third kappa shape index (κ3) is 1.57. The fraction of sp³-hybridized carbons (Fsp3) is 1.00. The molecule has 0 amide bonds. The molecule has 14 heavy (non-hydrogen) atoms. The molecule has 82 valence electrons. The Hall–Kier alpha value is -0.130. The smallest absolute Gasteiger partial charge is 0.216 e. The molecule has 0 aromatic rings. The van der Waals surface area contributed by atoms with Crippen molar-refractivity contribution >= 4 is 10.2 Å². The van der Waals surface area contributed by atoms with Crippen LogP contribution in [0.1, 0.15) is 33.1 Å². The number of hydrogen-bond acceptors (Lipinski definition) is 2. The standard InChI is InChI=1S/C9H18N2O2S/c1-9(2)6-3-4-8(7(9)5-6)11-14(10,12)13/h6-8,11H,3-5H2,1-2H3,(H2,10,12,13). The molecule has 0 saturated heterocycles. The first-order chi connectivity index (χ1) is 6.31. The van der Waals surface area contributed by atoms with Crippen LogP contribution >= 0.6 is 0 Å². The number of hydrogen-bond donors (Lipinski definition) is 2. The van der Waals surface area contributed by atoms with Gasteiger partial charge in [-0.15, -0.1) is 0 Å². The van der Waals surface area contributed by atoms with E-state index in [1.807, 2.05) is 0 Å². The van der Waals surface area contributed by atoms with Crippen LogP contribution in [0.2, 0.25) is 0 Å². The van der Waals surface area contributed by atoms with Gasteiger partial charge in [0.1, 0.15) is 0 Å². The topological polar surface area (TPSA) is 72.2 Å². The largest absolute Gasteiger partial charge is 0.274 e. The lowest BCUT2D eigenvalue weighted by Gasteiger charge is -2.59. The molecule has 3 fully saturated rings. The van der Waals surface area contributed by atoms with Crippen molar-refractivity contribution < 1.29 is 8.42 Å². The van der Waals surface area contributed by atoms with Gasteiger partial charge in [0, 0.05) is 6.04 Å². The van der Waals surface area contributed by atoms with E-state index in [0.29, 0.717) is 11.3 Å². The Kier molecular flexibility index (Phi) is 2.18. The van der Waals surface area contributed by atoms with Crippen molar-refractivity contribution in [3.05, 3.63) is 0 Å². The zero-order valence-electron chi connectivity index (χ0n) is 8.66. The van der Waals surface area contributed by atoms with Gasteiger partial charge in [-0.05, 0) is 36.5 Å². The fourth-order valence-electron chi connectivity index (χ4n) is 3.16. The number of fused-ring (bicyclic) bond motifs is 2. The van der Waals surface area contributed by atoms with E-state index in [9.17, 15) is 8.42 Å². The van der Waals surface area contributed by atoms with E-state index in [0.717, 1.165) is 25.2 Å². The van der Waals surface area contributed by atoms with Crippen molar-refractivity contribution in [2.24, 2.45) is 22.4 Å². The summed E-state index contributed by atoms with van der Waals surface area (Å²) in [5.74, 6) is 1.26. The van der Waals surface area contributed by atoms with Crippen LogP contribution in [0.4, 0.5) is 0 Å². The summed E-state index contributed by atoms with van der Waals surface area (Å²) in [5, 5.41) is 5.00. The molecule has 3 saturated carbocycles. The van der Waals surface area contributed by atoms with Gasteiger partial charge in [0.15, 0.2) is 0 Å². The van der Waals surface area contributed by atoms with E-state index in [1.165, 1.54) is 0 Å². The number of rotatable bonds is 2. The summed E-state index contributed by atoms with van der Waals surface area (Å²) >= 11 is 0. The first-order valence-electron chi connectivity index (χ1n) is 5.11. The molecule has 0 aromatic carbocycles. The van der Waals surface area contributed by atoms with Crippen molar-refractivity contribution in [1.29, 1.82) is 0 Å². The van der Waals surface area contributed by atoms with E-state index in [4.69, 9.17) is 5.14 Å². The highest BCUT2D eigenvalue weighted by molar-refractivity contribution is 7.87. The zero-order valence-corrected chi connectivity index (χ0v) is 9.47. The van der Waals surface area contributed by atoms with Crippen molar-refractivity contribution in [3.63, 3.8) is 0 Å². The Morgan fingerprint density at radius 1 is 1.36 bits per heavy atom. The Labute approximate surface area is 85.4 Å². The highest BCUT2D eigenvalue weighted by atomic mass is 32.2. The molecule has 0 radical (unpaired) electrons. The van der Waals surface area contributed by atoms with Crippen LogP contribution in [-0.2, 0) is 10.2 Å². The summed E-state index contributed by atoms with van der Waals surface area (Å²) < 4.78 is 24.4. The van der Waals surface area contributed by atoms with Gasteiger partial charge in [-0.25, -0.2) is 5.14 Å². The molecule has 5 heteroatoms. The van der Waals surface area contributed by atoms with Crippen LogP contribution < -0.4 is 9.86 Å². The van der Waals surface area contributed by atoms with E-state index in [1.54, 1.807) is 0 Å². The molecule has 0 heterocycles. The first kappa shape index (κ1) is 10.4. The van der Waals surface area contributed by atoms with Crippen LogP contribution in [0.15, 0.2) is 0 Å². The van der Waals surface area contributed by atoms with Gasteiger partial charge in [0.25, 0.3) is 10.2 Å². The second-order valence-electron chi connectivity index (χ2n) is 5.21. The molecule has 2 bridgehead atoms. The molecular formula is C9H18N2O2S. The van der Waals surface area contributed by atoms with E-state index < -0.39 is 10.2 Å². The van der Waals surface area contributed by atoms with Gasteiger partial charge in [0.05, 0.1) is 0 Å². The van der Waals surface area contributed by atoms with Crippen LogP contribution in [0, 0.1) is 17.3 Å². The van der Waals surface area contributed by atoms with Gasteiger partial charge >= 0.3 is 0 Å². The molecule has 3 aliphatic carbocycles. The predicted octanol–water partition coefficient (Wildman–Crippen LogP) is 0.604. The highest BCUT2D eigenvalue weighted by Gasteiger charge is 2.54. The van der Waals surface area contributed by atoms with Gasteiger partial charge < -0.3 is 0 Å². The minimum absolute atomic E-state index is 0.0602. The zero-order chi connectivity index (χ0) is 10.6. The lowest BCUT2D eigenvalue weighted by atomic mass is 9.47. The maximum atomic E-state index is 10.9. The molecule has 3 unspecified atom stereocenters. The molecule has 3 atom stereocenters. The third-order valence-corrected chi connectivity index (χ3v) is 4.81. The monoisotopic (exact) mass is 218 g/mol. The maximum absolute atomic E-state index is 10.9. The normalized spacial score (nSPS) is 40.4. The summed E-state index contributed by atoms with van der Waals surface area (Å²) in [5.41, 5.74) is 0.292. The van der Waals surface area contributed by atoms with Gasteiger partial charge in [-0.1, -0.05) is 13.8 Å². The quantitative estimate of drug-likeness (QED) is 0.712. The molecule has 3 N–H and O–H groups in total. The van der Waals surface area contributed by atoms with Gasteiger partial charge in [0.2, 0.25) is 0 Å². The fourth-order valence-corrected chi connectivity index (χ4v) is 3.87. The second-order valence-corrected chi connectivity index (χ2v) is 6.53. The second kappa shape index (κ2) is 2.93. The number of nitrogens with two attached hydrogens (primary N) is 1. The van der Waals surface area contributed by atoms with E-state index >= 15 is 0 Å². The summed E-state index contributed by atoms with van der Waals surface area (Å²) in [6.07, 6.45) is 3.21. The first-order valence-corrected chi connectivity index (χ1v) is 6.65. The van der Waals surface area contributed by atoms with Crippen LogP contribution in [0.25, 0.3) is 0 Å². The lowest BCUT2D eigenvalue weighted by molar-refractivity contribution is -0.0816. The summed E-state index contributed by atoms with van der Waals surface area (Å²) in [6, 6.07) is 0.0602. The van der Waals surface area contributed by atoms with Gasteiger partial charge in [-0.3, -0.25) is 0 Å². The Morgan fingerprint density at radius 2 is 2.00 bits per heavy atom. The molecule has 3 aliphatic rings. The van der Waals surface area contributed by atoms with Crippen molar-refractivity contribution in [2.75, 3.05) is 0 Å². The molecule has 4 nitrogen and oxygen atoms in total. The average molecular weight is 218 g/mol. The minimum Gasteiger partial charge on any atom is -0.216 e. The molecule has 0 aliphatic heterocycles. The average Bonchev–Trinajstić information content (AvgIpc) is 2.00. The van der Waals surface area contributed by atoms with Crippen LogP contribution in [0.3, 0.4) is 0 Å². The molecule has 3 rings (SSSR count). The maximum Gasteiger partial charge on any atom is 0.274 e. The molecule has 0 aromatic heterocycles. The van der Waals surface area contributed by atoms with Crippen LogP contribution in [0.5, 0.6) is 0 Å². The minimum atomic E-state index is -3.53. The van der Waals surface area contributed by atoms with Crippen LogP contribution in [-0.4, -0.2) is 14.5 Å². The van der Waals surface area contributed by atoms with Crippen molar-refractivity contribution in [1.82, 2.24) is 4.72 Å². The van der Waals surface area contributed by atoms with E-state index in [2.05, 4.69) is 18.6 Å².